The van der Waals surface area contributed by atoms with Crippen molar-refractivity contribution in [2.45, 2.75) is 57.3 Å². The van der Waals surface area contributed by atoms with Crippen molar-refractivity contribution in [3.63, 3.8) is 0 Å². The molecule has 1 saturated carbocycles. The van der Waals surface area contributed by atoms with Crippen LogP contribution in [-0.2, 0) is 9.47 Å². The minimum Gasteiger partial charge on any atom is -0.396 e. The van der Waals surface area contributed by atoms with Gasteiger partial charge in [-0.15, -0.1) is 0 Å². The Balaban J connectivity index is 1.66. The molecule has 18 heavy (non-hydrogen) atoms. The number of ether oxygens (including phenoxy) is 2. The third-order valence-electron chi connectivity index (χ3n) is 4.37. The van der Waals surface area contributed by atoms with Crippen LogP contribution in [0.4, 0.5) is 0 Å². The zero-order chi connectivity index (χ0) is 12.8. The minimum atomic E-state index is -0.243. The van der Waals surface area contributed by atoms with Crippen LogP contribution in [0.25, 0.3) is 0 Å². The first-order valence-electron chi connectivity index (χ1n) is 7.40. The van der Waals surface area contributed by atoms with Crippen LogP contribution in [0.1, 0.15) is 45.4 Å². The van der Waals surface area contributed by atoms with Crippen molar-refractivity contribution in [1.29, 1.82) is 0 Å². The maximum absolute atomic E-state index is 8.98. The van der Waals surface area contributed by atoms with Crippen LogP contribution < -0.4 is 5.32 Å². The lowest BCUT2D eigenvalue weighted by Gasteiger charge is -2.36. The van der Waals surface area contributed by atoms with E-state index in [2.05, 4.69) is 12.2 Å². The fourth-order valence-corrected chi connectivity index (χ4v) is 3.01. The summed E-state index contributed by atoms with van der Waals surface area (Å²) in [7, 11) is 0. The molecule has 0 aromatic rings. The molecule has 1 saturated heterocycles. The highest BCUT2D eigenvalue weighted by Crippen LogP contribution is 2.35. The summed E-state index contributed by atoms with van der Waals surface area (Å²) >= 11 is 0. The zero-order valence-electron chi connectivity index (χ0n) is 11.5. The second kappa shape index (κ2) is 6.85. The van der Waals surface area contributed by atoms with Crippen molar-refractivity contribution in [2.75, 3.05) is 26.4 Å². The van der Waals surface area contributed by atoms with Gasteiger partial charge in [-0.05, 0) is 31.7 Å². The van der Waals surface area contributed by atoms with Gasteiger partial charge in [0.1, 0.15) is 0 Å². The second-order valence-corrected chi connectivity index (χ2v) is 5.58. The van der Waals surface area contributed by atoms with Crippen LogP contribution in [0, 0.1) is 5.92 Å². The summed E-state index contributed by atoms with van der Waals surface area (Å²) in [4.78, 5) is 0. The predicted molar refractivity (Wildman–Crippen MR) is 70.4 cm³/mol. The SMILES string of the molecule is CCC(CCO)CNC1CCC2(CC1)OCCO2. The van der Waals surface area contributed by atoms with Gasteiger partial charge in [0, 0.05) is 25.5 Å². The molecular weight excluding hydrogens is 230 g/mol. The summed E-state index contributed by atoms with van der Waals surface area (Å²) in [5, 5.41) is 12.6. The molecule has 4 heteroatoms. The van der Waals surface area contributed by atoms with Gasteiger partial charge in [0.05, 0.1) is 13.2 Å². The topological polar surface area (TPSA) is 50.7 Å². The summed E-state index contributed by atoms with van der Waals surface area (Å²) in [5.74, 6) is 0.359. The highest BCUT2D eigenvalue weighted by atomic mass is 16.7. The van der Waals surface area contributed by atoms with Crippen LogP contribution in [0.2, 0.25) is 0 Å². The smallest absolute Gasteiger partial charge is 0.168 e. The number of hydrogen-bond acceptors (Lipinski definition) is 4. The lowest BCUT2D eigenvalue weighted by Crippen LogP contribution is -2.43. The van der Waals surface area contributed by atoms with Gasteiger partial charge in [0.2, 0.25) is 0 Å². The summed E-state index contributed by atoms with van der Waals surface area (Å²) in [5.41, 5.74) is 0. The zero-order valence-corrected chi connectivity index (χ0v) is 11.5. The highest BCUT2D eigenvalue weighted by molar-refractivity contribution is 4.85. The molecule has 2 rings (SSSR count). The standard InChI is InChI=1S/C14H27NO3/c1-2-12(5-8-16)11-15-13-3-6-14(7-4-13)17-9-10-18-14/h12-13,15-16H,2-11H2,1H3. The Morgan fingerprint density at radius 2 is 1.94 bits per heavy atom. The van der Waals surface area contributed by atoms with Crippen LogP contribution in [0.3, 0.4) is 0 Å². The fraction of sp³-hybridized carbons (Fsp3) is 1.00. The van der Waals surface area contributed by atoms with Crippen LogP contribution in [0.15, 0.2) is 0 Å². The number of aliphatic hydroxyl groups excluding tert-OH is 1. The van der Waals surface area contributed by atoms with Crippen molar-refractivity contribution in [3.05, 3.63) is 0 Å². The monoisotopic (exact) mass is 257 g/mol. The first-order valence-corrected chi connectivity index (χ1v) is 7.40. The van der Waals surface area contributed by atoms with Crippen molar-refractivity contribution >= 4 is 0 Å². The summed E-state index contributed by atoms with van der Waals surface area (Å²) in [6, 6.07) is 0.594. The molecule has 1 unspecified atom stereocenters. The summed E-state index contributed by atoms with van der Waals surface area (Å²) < 4.78 is 11.5. The van der Waals surface area contributed by atoms with E-state index in [0.29, 0.717) is 18.6 Å². The average Bonchev–Trinajstić information content (AvgIpc) is 2.85. The van der Waals surface area contributed by atoms with Gasteiger partial charge in [-0.25, -0.2) is 0 Å². The van der Waals surface area contributed by atoms with E-state index in [0.717, 1.165) is 58.3 Å². The molecule has 1 aliphatic carbocycles. The van der Waals surface area contributed by atoms with E-state index in [1.165, 1.54) is 0 Å². The first kappa shape index (κ1) is 14.3. The van der Waals surface area contributed by atoms with Crippen LogP contribution >= 0.6 is 0 Å². The molecule has 4 nitrogen and oxygen atoms in total. The third kappa shape index (κ3) is 3.67. The molecule has 1 atom stereocenters. The van der Waals surface area contributed by atoms with E-state index in [1.807, 2.05) is 0 Å². The van der Waals surface area contributed by atoms with E-state index in [9.17, 15) is 0 Å². The molecule has 2 fully saturated rings. The Kier molecular flexibility index (Phi) is 5.42. The minimum absolute atomic E-state index is 0.243. The molecule has 0 aromatic carbocycles. The van der Waals surface area contributed by atoms with Gasteiger partial charge in [-0.2, -0.15) is 0 Å². The van der Waals surface area contributed by atoms with Crippen molar-refractivity contribution in [1.82, 2.24) is 5.32 Å². The van der Waals surface area contributed by atoms with Crippen molar-refractivity contribution < 1.29 is 14.6 Å². The fourth-order valence-electron chi connectivity index (χ4n) is 3.01. The number of rotatable bonds is 6. The molecule has 0 aromatic heterocycles. The van der Waals surface area contributed by atoms with Gasteiger partial charge >= 0.3 is 0 Å². The highest BCUT2D eigenvalue weighted by Gasteiger charge is 2.40. The normalized spacial score (nSPS) is 25.7. The van der Waals surface area contributed by atoms with Gasteiger partial charge < -0.3 is 19.9 Å². The van der Waals surface area contributed by atoms with Crippen LogP contribution in [0.5, 0.6) is 0 Å². The van der Waals surface area contributed by atoms with E-state index >= 15 is 0 Å². The van der Waals surface area contributed by atoms with Gasteiger partial charge in [0.25, 0.3) is 0 Å². The van der Waals surface area contributed by atoms with Crippen molar-refractivity contribution in [2.24, 2.45) is 5.92 Å². The maximum atomic E-state index is 8.98. The molecular formula is C14H27NO3. The van der Waals surface area contributed by atoms with Gasteiger partial charge in [-0.3, -0.25) is 0 Å². The molecule has 1 heterocycles. The van der Waals surface area contributed by atoms with Gasteiger partial charge in [0.15, 0.2) is 5.79 Å². The molecule has 2 N–H and O–H groups in total. The van der Waals surface area contributed by atoms with E-state index in [-0.39, 0.29) is 5.79 Å². The molecule has 1 spiro atoms. The molecule has 0 amide bonds. The number of nitrogens with one attached hydrogen (secondary N) is 1. The lowest BCUT2D eigenvalue weighted by atomic mass is 9.89. The number of aliphatic hydroxyl groups is 1. The molecule has 1 aliphatic heterocycles. The Labute approximate surface area is 110 Å². The number of hydrogen-bond donors (Lipinski definition) is 2. The largest absolute Gasteiger partial charge is 0.396 e. The predicted octanol–water partition coefficient (Wildman–Crippen LogP) is 1.67. The van der Waals surface area contributed by atoms with Gasteiger partial charge in [-0.1, -0.05) is 13.3 Å². The quantitative estimate of drug-likeness (QED) is 0.760. The molecule has 106 valence electrons. The summed E-state index contributed by atoms with van der Waals surface area (Å²) in [6.07, 6.45) is 6.34. The molecule has 0 bridgehead atoms. The Hall–Kier alpha value is -0.160. The van der Waals surface area contributed by atoms with Crippen LogP contribution in [-0.4, -0.2) is 43.3 Å². The van der Waals surface area contributed by atoms with E-state index in [4.69, 9.17) is 14.6 Å². The first-order chi connectivity index (χ1) is 8.78. The van der Waals surface area contributed by atoms with E-state index < -0.39 is 0 Å². The third-order valence-corrected chi connectivity index (χ3v) is 4.37. The Bertz CT molecular complexity index is 231. The summed E-state index contributed by atoms with van der Waals surface area (Å²) in [6.45, 7) is 5.03. The Morgan fingerprint density at radius 1 is 1.28 bits per heavy atom. The molecule has 2 aliphatic rings. The average molecular weight is 257 g/mol. The van der Waals surface area contributed by atoms with Crippen molar-refractivity contribution in [3.8, 4) is 0 Å². The van der Waals surface area contributed by atoms with E-state index in [1.54, 1.807) is 0 Å². The lowest BCUT2D eigenvalue weighted by molar-refractivity contribution is -0.179. The molecule has 0 radical (unpaired) electrons. The second-order valence-electron chi connectivity index (χ2n) is 5.58. The Morgan fingerprint density at radius 3 is 2.50 bits per heavy atom. The maximum Gasteiger partial charge on any atom is 0.168 e.